The van der Waals surface area contributed by atoms with Crippen LogP contribution in [0.3, 0.4) is 0 Å². The summed E-state index contributed by atoms with van der Waals surface area (Å²) in [6.45, 7) is 1.63. The average Bonchev–Trinajstić information content (AvgIpc) is 2.59. The fraction of sp³-hybridized carbons (Fsp3) is 0.188. The number of urea groups is 1. The van der Waals surface area contributed by atoms with Gasteiger partial charge in [-0.25, -0.2) is 14.6 Å². The number of nitrogens with one attached hydrogen (secondary N) is 1. The van der Waals surface area contributed by atoms with Crippen molar-refractivity contribution >= 4 is 17.8 Å². The zero-order chi connectivity index (χ0) is 19.3. The number of carboxylic acids is 1. The predicted molar refractivity (Wildman–Crippen MR) is 91.2 cm³/mol. The first kappa shape index (κ1) is 18.5. The number of nitriles is 1. The van der Waals surface area contributed by atoms with Crippen LogP contribution in [0.5, 0.6) is 5.88 Å². The molecule has 2 amide bonds. The maximum absolute atomic E-state index is 11.5. The fourth-order valence-corrected chi connectivity index (χ4v) is 2.08. The van der Waals surface area contributed by atoms with Crippen LogP contribution in [0.25, 0.3) is 11.4 Å². The number of carbonyl (C=O) groups is 2. The number of nitrogens with two attached hydrogens (primary N) is 2. The first-order valence-electron chi connectivity index (χ1n) is 7.43. The Kier molecular flexibility index (Phi) is 5.54. The Morgan fingerprint density at radius 3 is 2.77 bits per heavy atom. The molecule has 6 N–H and O–H groups in total. The van der Waals surface area contributed by atoms with E-state index in [-0.39, 0.29) is 24.1 Å². The molecule has 0 aliphatic carbocycles. The Hall–Kier alpha value is -3.87. The van der Waals surface area contributed by atoms with Gasteiger partial charge in [0.2, 0.25) is 5.88 Å². The Bertz CT molecular complexity index is 893. The molecule has 26 heavy (non-hydrogen) atoms. The number of primary amides is 1. The number of nitrogens with zero attached hydrogens (tertiary/aromatic N) is 3. The lowest BCUT2D eigenvalue weighted by molar-refractivity contribution is 0.0689. The monoisotopic (exact) mass is 356 g/mol. The highest BCUT2D eigenvalue weighted by Crippen LogP contribution is 2.27. The minimum atomic E-state index is -1.36. The number of aromatic nitrogens is 2. The molecule has 10 heteroatoms. The molecule has 1 aromatic carbocycles. The Balaban J connectivity index is 2.44. The molecule has 10 nitrogen and oxygen atoms in total. The van der Waals surface area contributed by atoms with Gasteiger partial charge in [0.15, 0.2) is 11.4 Å². The van der Waals surface area contributed by atoms with Gasteiger partial charge in [0, 0.05) is 5.56 Å². The average molecular weight is 356 g/mol. The van der Waals surface area contributed by atoms with Crippen molar-refractivity contribution in [2.24, 2.45) is 5.73 Å². The van der Waals surface area contributed by atoms with Gasteiger partial charge in [-0.05, 0) is 19.1 Å². The number of hydrogen-bond donors (Lipinski definition) is 4. The van der Waals surface area contributed by atoms with Crippen molar-refractivity contribution in [3.63, 3.8) is 0 Å². The number of amides is 2. The predicted octanol–water partition coefficient (Wildman–Crippen LogP) is 0.731. The standard InChI is InChI=1S/C16H16N6O4/c1-8(7-20-16(19)25)26-14-11(15(23)24)12(18)21-13(22-14)10-4-2-3-9(5-10)6-17/h2-5,8H,7H2,1H3,(H,23,24)(H2,18,21,22)(H3,19,20,25). The second-order valence-electron chi connectivity index (χ2n) is 5.28. The Labute approximate surface area is 148 Å². The van der Waals surface area contributed by atoms with Crippen LogP contribution in [0.1, 0.15) is 22.8 Å². The van der Waals surface area contributed by atoms with Crippen LogP contribution >= 0.6 is 0 Å². The molecule has 2 rings (SSSR count). The number of hydrogen-bond acceptors (Lipinski definition) is 7. The zero-order valence-electron chi connectivity index (χ0n) is 13.8. The molecule has 0 bridgehead atoms. The molecule has 1 heterocycles. The smallest absolute Gasteiger partial charge is 0.345 e. The van der Waals surface area contributed by atoms with Crippen LogP contribution in [0.15, 0.2) is 24.3 Å². The molecule has 0 radical (unpaired) electrons. The molecular formula is C16H16N6O4. The normalized spacial score (nSPS) is 11.2. The van der Waals surface area contributed by atoms with Gasteiger partial charge in [0.25, 0.3) is 0 Å². The quantitative estimate of drug-likeness (QED) is 0.585. The van der Waals surface area contributed by atoms with E-state index in [0.717, 1.165) is 0 Å². The van der Waals surface area contributed by atoms with Crippen molar-refractivity contribution in [3.8, 4) is 23.3 Å². The second kappa shape index (κ2) is 7.80. The van der Waals surface area contributed by atoms with Gasteiger partial charge >= 0.3 is 12.0 Å². The molecule has 2 aromatic rings. The molecule has 1 aromatic heterocycles. The van der Waals surface area contributed by atoms with E-state index in [1.54, 1.807) is 25.1 Å². The van der Waals surface area contributed by atoms with E-state index >= 15 is 0 Å². The minimum absolute atomic E-state index is 0.0392. The molecule has 0 aliphatic rings. The second-order valence-corrected chi connectivity index (χ2v) is 5.28. The van der Waals surface area contributed by atoms with E-state index in [2.05, 4.69) is 15.3 Å². The molecular weight excluding hydrogens is 340 g/mol. The number of ether oxygens (including phenoxy) is 1. The first-order valence-corrected chi connectivity index (χ1v) is 7.43. The van der Waals surface area contributed by atoms with Gasteiger partial charge in [-0.3, -0.25) is 0 Å². The summed E-state index contributed by atoms with van der Waals surface area (Å²) in [7, 11) is 0. The topological polar surface area (TPSA) is 177 Å². The summed E-state index contributed by atoms with van der Waals surface area (Å²) in [4.78, 5) is 30.3. The van der Waals surface area contributed by atoms with Crippen LogP contribution in [0.2, 0.25) is 0 Å². The van der Waals surface area contributed by atoms with Gasteiger partial charge < -0.3 is 26.6 Å². The third-order valence-electron chi connectivity index (χ3n) is 3.24. The van der Waals surface area contributed by atoms with E-state index < -0.39 is 23.7 Å². The largest absolute Gasteiger partial charge is 0.477 e. The van der Waals surface area contributed by atoms with E-state index in [0.29, 0.717) is 11.1 Å². The molecule has 0 saturated carbocycles. The fourth-order valence-electron chi connectivity index (χ4n) is 2.08. The van der Waals surface area contributed by atoms with Crippen LogP contribution in [0.4, 0.5) is 10.6 Å². The van der Waals surface area contributed by atoms with E-state index in [1.165, 1.54) is 6.07 Å². The molecule has 134 valence electrons. The zero-order valence-corrected chi connectivity index (χ0v) is 13.8. The Morgan fingerprint density at radius 2 is 2.15 bits per heavy atom. The van der Waals surface area contributed by atoms with Crippen LogP contribution < -0.4 is 21.5 Å². The maximum atomic E-state index is 11.5. The molecule has 0 fully saturated rings. The number of benzene rings is 1. The SMILES string of the molecule is CC(CNC(N)=O)Oc1nc(-c2cccc(C#N)c2)nc(N)c1C(=O)O. The summed E-state index contributed by atoms with van der Waals surface area (Å²) in [5.41, 5.74) is 11.2. The number of nitrogen functional groups attached to an aromatic ring is 1. The lowest BCUT2D eigenvalue weighted by Crippen LogP contribution is -2.37. The van der Waals surface area contributed by atoms with Crippen LogP contribution in [-0.2, 0) is 0 Å². The van der Waals surface area contributed by atoms with Gasteiger partial charge in [-0.2, -0.15) is 10.2 Å². The van der Waals surface area contributed by atoms with Crippen LogP contribution in [0, 0.1) is 11.3 Å². The van der Waals surface area contributed by atoms with Gasteiger partial charge in [0.05, 0.1) is 18.2 Å². The summed E-state index contributed by atoms with van der Waals surface area (Å²) in [6, 6.07) is 7.68. The third kappa shape index (κ3) is 4.35. The first-order chi connectivity index (χ1) is 12.3. The van der Waals surface area contributed by atoms with Gasteiger partial charge in [0.1, 0.15) is 11.9 Å². The van der Waals surface area contributed by atoms with Crippen molar-refractivity contribution in [3.05, 3.63) is 35.4 Å². The molecule has 0 saturated heterocycles. The summed E-state index contributed by atoms with van der Waals surface area (Å²) in [5.74, 6) is -1.78. The molecule has 0 spiro atoms. The van der Waals surface area contributed by atoms with Crippen molar-refractivity contribution in [2.75, 3.05) is 12.3 Å². The van der Waals surface area contributed by atoms with Crippen molar-refractivity contribution < 1.29 is 19.4 Å². The van der Waals surface area contributed by atoms with Crippen molar-refractivity contribution in [1.82, 2.24) is 15.3 Å². The lowest BCUT2D eigenvalue weighted by atomic mass is 10.1. The number of rotatable bonds is 6. The highest BCUT2D eigenvalue weighted by Gasteiger charge is 2.22. The van der Waals surface area contributed by atoms with Crippen LogP contribution in [-0.4, -0.2) is 39.7 Å². The summed E-state index contributed by atoms with van der Waals surface area (Å²) in [5, 5.41) is 20.7. The molecule has 1 unspecified atom stereocenters. The van der Waals surface area contributed by atoms with E-state index in [9.17, 15) is 14.7 Å². The number of carboxylic acid groups (broad SMARTS) is 1. The highest BCUT2D eigenvalue weighted by molar-refractivity contribution is 5.95. The number of aromatic carboxylic acids is 1. The Morgan fingerprint density at radius 1 is 1.42 bits per heavy atom. The van der Waals surface area contributed by atoms with Crippen molar-refractivity contribution in [2.45, 2.75) is 13.0 Å². The van der Waals surface area contributed by atoms with E-state index in [1.807, 2.05) is 6.07 Å². The number of anilines is 1. The minimum Gasteiger partial charge on any atom is -0.477 e. The highest BCUT2D eigenvalue weighted by atomic mass is 16.5. The summed E-state index contributed by atoms with van der Waals surface area (Å²) >= 11 is 0. The van der Waals surface area contributed by atoms with E-state index in [4.69, 9.17) is 21.5 Å². The number of carbonyl (C=O) groups excluding carboxylic acids is 1. The van der Waals surface area contributed by atoms with Gasteiger partial charge in [-0.1, -0.05) is 12.1 Å². The molecule has 0 aliphatic heterocycles. The third-order valence-corrected chi connectivity index (χ3v) is 3.24. The summed E-state index contributed by atoms with van der Waals surface area (Å²) < 4.78 is 5.51. The lowest BCUT2D eigenvalue weighted by Gasteiger charge is -2.17. The van der Waals surface area contributed by atoms with Gasteiger partial charge in [-0.15, -0.1) is 0 Å². The maximum Gasteiger partial charge on any atom is 0.345 e. The summed E-state index contributed by atoms with van der Waals surface area (Å²) in [6.07, 6.45) is -0.631. The van der Waals surface area contributed by atoms with Crippen molar-refractivity contribution in [1.29, 1.82) is 5.26 Å². The molecule has 1 atom stereocenters.